The zero-order valence-electron chi connectivity index (χ0n) is 11.7. The van der Waals surface area contributed by atoms with Gasteiger partial charge in [-0.25, -0.2) is 0 Å². The van der Waals surface area contributed by atoms with Crippen molar-refractivity contribution in [3.8, 4) is 5.75 Å². The average Bonchev–Trinajstić information content (AvgIpc) is 2.46. The summed E-state index contributed by atoms with van der Waals surface area (Å²) >= 11 is 0. The number of halogens is 3. The molecule has 110 valence electrons. The summed E-state index contributed by atoms with van der Waals surface area (Å²) in [6.45, 7) is 6.95. The Balaban J connectivity index is 2.50. The first-order valence-electron chi connectivity index (χ1n) is 6.20. The van der Waals surface area contributed by atoms with E-state index in [1.54, 1.807) is 27.7 Å². The van der Waals surface area contributed by atoms with E-state index in [9.17, 15) is 18.3 Å². The molecule has 1 aliphatic rings. The molecule has 1 aromatic rings. The molecule has 0 atom stereocenters. The van der Waals surface area contributed by atoms with Crippen LogP contribution in [0.2, 0.25) is 0 Å². The highest BCUT2D eigenvalue weighted by molar-refractivity contribution is 6.63. The van der Waals surface area contributed by atoms with Crippen LogP contribution in [-0.4, -0.2) is 23.4 Å². The van der Waals surface area contributed by atoms with E-state index in [0.717, 1.165) is 12.1 Å². The summed E-state index contributed by atoms with van der Waals surface area (Å²) in [7, 11) is -1.25. The largest absolute Gasteiger partial charge is 0.508 e. The van der Waals surface area contributed by atoms with Crippen LogP contribution >= 0.6 is 0 Å². The molecule has 1 fully saturated rings. The maximum atomic E-state index is 13.0. The van der Waals surface area contributed by atoms with Gasteiger partial charge in [0.05, 0.1) is 16.8 Å². The van der Waals surface area contributed by atoms with E-state index in [4.69, 9.17) is 9.31 Å². The lowest BCUT2D eigenvalue weighted by Gasteiger charge is -2.32. The minimum absolute atomic E-state index is 0.376. The average molecular weight is 288 g/mol. The number of alkyl halides is 3. The van der Waals surface area contributed by atoms with E-state index in [-0.39, 0.29) is 5.46 Å². The molecule has 0 aliphatic carbocycles. The highest BCUT2D eigenvalue weighted by Crippen LogP contribution is 2.39. The van der Waals surface area contributed by atoms with E-state index in [1.807, 2.05) is 0 Å². The van der Waals surface area contributed by atoms with Gasteiger partial charge in [-0.1, -0.05) is 12.1 Å². The summed E-state index contributed by atoms with van der Waals surface area (Å²) in [5, 5.41) is 9.80. The van der Waals surface area contributed by atoms with Crippen LogP contribution in [0.1, 0.15) is 33.3 Å². The van der Waals surface area contributed by atoms with Crippen molar-refractivity contribution >= 4 is 12.6 Å². The highest BCUT2D eigenvalue weighted by atomic mass is 19.4. The summed E-state index contributed by atoms with van der Waals surface area (Å²) in [5.41, 5.74) is -2.87. The first kappa shape index (κ1) is 15.2. The molecule has 7 heteroatoms. The van der Waals surface area contributed by atoms with E-state index >= 15 is 0 Å². The second-order valence-corrected chi connectivity index (χ2v) is 5.82. The lowest BCUT2D eigenvalue weighted by molar-refractivity contribution is -0.137. The standard InChI is InChI=1S/C13H16BF3O3/c1-11(2)12(3,4)20-14(19-11)10-8(13(15,16)17)6-5-7-9(10)18/h5-7,18H,1-4H3. The van der Waals surface area contributed by atoms with Crippen LogP contribution in [0.3, 0.4) is 0 Å². The molecular weight excluding hydrogens is 272 g/mol. The lowest BCUT2D eigenvalue weighted by Crippen LogP contribution is -2.41. The number of rotatable bonds is 1. The predicted molar refractivity (Wildman–Crippen MR) is 68.8 cm³/mol. The molecule has 0 unspecified atom stereocenters. The van der Waals surface area contributed by atoms with Gasteiger partial charge in [-0.05, 0) is 33.8 Å². The smallest absolute Gasteiger partial charge is 0.499 e. The molecule has 0 aromatic heterocycles. The summed E-state index contributed by atoms with van der Waals surface area (Å²) in [6.07, 6.45) is -4.59. The van der Waals surface area contributed by atoms with Crippen molar-refractivity contribution in [2.24, 2.45) is 0 Å². The maximum absolute atomic E-state index is 13.0. The number of phenols is 1. The third-order valence-corrected chi connectivity index (χ3v) is 3.88. The van der Waals surface area contributed by atoms with Gasteiger partial charge in [0.2, 0.25) is 0 Å². The van der Waals surface area contributed by atoms with Crippen molar-refractivity contribution in [3.05, 3.63) is 23.8 Å². The molecule has 20 heavy (non-hydrogen) atoms. The quantitative estimate of drug-likeness (QED) is 0.807. The Hall–Kier alpha value is -1.21. The van der Waals surface area contributed by atoms with Gasteiger partial charge < -0.3 is 14.4 Å². The van der Waals surface area contributed by atoms with E-state index in [2.05, 4.69) is 0 Å². The molecule has 0 bridgehead atoms. The maximum Gasteiger partial charge on any atom is 0.499 e. The molecule has 0 amide bonds. The van der Waals surface area contributed by atoms with Crippen molar-refractivity contribution in [2.75, 3.05) is 0 Å². The van der Waals surface area contributed by atoms with Gasteiger partial charge in [0.25, 0.3) is 0 Å². The molecule has 0 radical (unpaired) electrons. The van der Waals surface area contributed by atoms with Crippen molar-refractivity contribution in [2.45, 2.75) is 45.1 Å². The Bertz CT molecular complexity index is 510. The lowest BCUT2D eigenvalue weighted by atomic mass is 9.75. The molecule has 1 aromatic carbocycles. The third kappa shape index (κ3) is 2.40. The molecule has 0 spiro atoms. The van der Waals surface area contributed by atoms with Crippen LogP contribution in [0.15, 0.2) is 18.2 Å². The summed E-state index contributed by atoms with van der Waals surface area (Å²) < 4.78 is 50.3. The number of hydrogen-bond donors (Lipinski definition) is 1. The predicted octanol–water partition coefficient (Wildman–Crippen LogP) is 2.71. The summed E-state index contributed by atoms with van der Waals surface area (Å²) in [4.78, 5) is 0. The third-order valence-electron chi connectivity index (χ3n) is 3.88. The van der Waals surface area contributed by atoms with Gasteiger partial charge in [-0.2, -0.15) is 13.2 Å². The van der Waals surface area contributed by atoms with Crippen LogP contribution in [0, 0.1) is 0 Å². The van der Waals surface area contributed by atoms with Crippen LogP contribution in [0.25, 0.3) is 0 Å². The molecule has 0 saturated carbocycles. The monoisotopic (exact) mass is 288 g/mol. The Morgan fingerprint density at radius 1 is 1.05 bits per heavy atom. The van der Waals surface area contributed by atoms with Crippen molar-refractivity contribution in [1.29, 1.82) is 0 Å². The van der Waals surface area contributed by atoms with Crippen molar-refractivity contribution in [1.82, 2.24) is 0 Å². The Labute approximate surface area is 115 Å². The SMILES string of the molecule is CC1(C)OB(c2c(O)cccc2C(F)(F)F)OC1(C)C. The zero-order chi connectivity index (χ0) is 15.3. The highest BCUT2D eigenvalue weighted by Gasteiger charge is 2.54. The van der Waals surface area contributed by atoms with Crippen LogP contribution in [0.4, 0.5) is 13.2 Å². The Kier molecular flexibility index (Phi) is 3.34. The molecular formula is C13H16BF3O3. The molecule has 1 heterocycles. The second kappa shape index (κ2) is 4.39. The number of hydrogen-bond acceptors (Lipinski definition) is 3. The Morgan fingerprint density at radius 3 is 2.00 bits per heavy atom. The molecule has 1 N–H and O–H groups in total. The van der Waals surface area contributed by atoms with Crippen molar-refractivity contribution in [3.63, 3.8) is 0 Å². The van der Waals surface area contributed by atoms with Gasteiger partial charge in [0.1, 0.15) is 5.75 Å². The topological polar surface area (TPSA) is 38.7 Å². The molecule has 3 nitrogen and oxygen atoms in total. The molecule has 1 aliphatic heterocycles. The second-order valence-electron chi connectivity index (χ2n) is 5.82. The first-order valence-corrected chi connectivity index (χ1v) is 6.20. The molecule has 2 rings (SSSR count). The molecule has 1 saturated heterocycles. The van der Waals surface area contributed by atoms with Crippen LogP contribution in [0.5, 0.6) is 5.75 Å². The normalized spacial score (nSPS) is 21.2. The minimum Gasteiger partial charge on any atom is -0.508 e. The fraction of sp³-hybridized carbons (Fsp3) is 0.538. The van der Waals surface area contributed by atoms with E-state index in [0.29, 0.717) is 0 Å². The van der Waals surface area contributed by atoms with Gasteiger partial charge in [0, 0.05) is 5.46 Å². The summed E-state index contributed by atoms with van der Waals surface area (Å²) in [6, 6.07) is 3.24. The van der Waals surface area contributed by atoms with Gasteiger partial charge in [0.15, 0.2) is 0 Å². The number of phenolic OH excluding ortho intramolecular Hbond substituents is 1. The van der Waals surface area contributed by atoms with Gasteiger partial charge in [-0.15, -0.1) is 0 Å². The number of benzene rings is 1. The van der Waals surface area contributed by atoms with Crippen LogP contribution < -0.4 is 5.46 Å². The zero-order valence-corrected chi connectivity index (χ0v) is 11.7. The van der Waals surface area contributed by atoms with Crippen LogP contribution in [-0.2, 0) is 15.5 Å². The fourth-order valence-corrected chi connectivity index (χ4v) is 2.01. The van der Waals surface area contributed by atoms with Gasteiger partial charge in [-0.3, -0.25) is 0 Å². The minimum atomic E-state index is -4.59. The van der Waals surface area contributed by atoms with Gasteiger partial charge >= 0.3 is 13.3 Å². The van der Waals surface area contributed by atoms with Crippen molar-refractivity contribution < 1.29 is 27.6 Å². The number of aromatic hydroxyl groups is 1. The van der Waals surface area contributed by atoms with E-state index in [1.165, 1.54) is 6.07 Å². The Morgan fingerprint density at radius 2 is 1.55 bits per heavy atom. The van der Waals surface area contributed by atoms with E-state index < -0.39 is 35.8 Å². The fourth-order valence-electron chi connectivity index (χ4n) is 2.01. The first-order chi connectivity index (χ1) is 8.96. The summed E-state index contributed by atoms with van der Waals surface area (Å²) in [5.74, 6) is -0.488.